The van der Waals surface area contributed by atoms with Crippen LogP contribution in [0.25, 0.3) is 0 Å². The predicted octanol–water partition coefficient (Wildman–Crippen LogP) is 3.31. The summed E-state index contributed by atoms with van der Waals surface area (Å²) in [6.07, 6.45) is 2.01. The van der Waals surface area contributed by atoms with E-state index >= 15 is 0 Å². The van der Waals surface area contributed by atoms with Crippen LogP contribution in [0.3, 0.4) is 0 Å². The number of amides is 2. The van der Waals surface area contributed by atoms with Crippen LogP contribution in [0.5, 0.6) is 11.5 Å². The molecule has 7 nitrogen and oxygen atoms in total. The molecule has 1 aromatic rings. The minimum atomic E-state index is -0.696. The Kier molecular flexibility index (Phi) is 7.10. The fourth-order valence-electron chi connectivity index (χ4n) is 3.13. The van der Waals surface area contributed by atoms with Crippen LogP contribution in [0.2, 0.25) is 0 Å². The molecule has 1 aliphatic rings. The predicted molar refractivity (Wildman–Crippen MR) is 102 cm³/mol. The molecule has 2 atom stereocenters. The van der Waals surface area contributed by atoms with Crippen LogP contribution in [0.4, 0.5) is 4.79 Å². The maximum absolute atomic E-state index is 12.8. The van der Waals surface area contributed by atoms with Crippen molar-refractivity contribution in [2.45, 2.75) is 39.7 Å². The minimum absolute atomic E-state index is 0.274. The lowest BCUT2D eigenvalue weighted by Gasteiger charge is -2.29. The molecular weight excluding hydrogens is 348 g/mol. The highest BCUT2D eigenvalue weighted by atomic mass is 16.5. The summed E-state index contributed by atoms with van der Waals surface area (Å²) in [5.74, 6) is 0.953. The van der Waals surface area contributed by atoms with Gasteiger partial charge in [-0.3, -0.25) is 0 Å². The normalized spacial score (nSPS) is 17.7. The highest BCUT2D eigenvalue weighted by Crippen LogP contribution is 2.35. The molecule has 0 saturated heterocycles. The first-order chi connectivity index (χ1) is 12.9. The van der Waals surface area contributed by atoms with E-state index in [1.165, 1.54) is 7.11 Å². The number of hydrogen-bond donors (Lipinski definition) is 2. The van der Waals surface area contributed by atoms with E-state index in [9.17, 15) is 9.59 Å². The maximum Gasteiger partial charge on any atom is 0.338 e. The van der Waals surface area contributed by atoms with Gasteiger partial charge in [0.25, 0.3) is 0 Å². The van der Waals surface area contributed by atoms with E-state index in [2.05, 4.69) is 17.6 Å². The lowest BCUT2D eigenvalue weighted by molar-refractivity contribution is -0.140. The third-order valence-corrected chi connectivity index (χ3v) is 4.52. The van der Waals surface area contributed by atoms with E-state index in [1.807, 2.05) is 6.92 Å². The van der Waals surface area contributed by atoms with Crippen LogP contribution in [0.15, 0.2) is 29.5 Å². The smallest absolute Gasteiger partial charge is 0.338 e. The lowest BCUT2D eigenvalue weighted by Crippen LogP contribution is -2.45. The van der Waals surface area contributed by atoms with Gasteiger partial charge in [-0.05, 0) is 37.5 Å². The summed E-state index contributed by atoms with van der Waals surface area (Å²) in [4.78, 5) is 24.9. The molecule has 2 rings (SSSR count). The highest BCUT2D eigenvalue weighted by molar-refractivity contribution is 5.95. The summed E-state index contributed by atoms with van der Waals surface area (Å²) in [5, 5.41) is 5.43. The molecule has 2 N–H and O–H groups in total. The Bertz CT molecular complexity index is 729. The first kappa shape index (κ1) is 20.6. The molecule has 148 valence electrons. The number of rotatable bonds is 8. The number of urea groups is 1. The monoisotopic (exact) mass is 376 g/mol. The standard InChI is InChI=1S/C20H28N2O5/c1-6-7-12(2)11-27-19(23)17-13(3)21-20(24)22-18(17)15-10-14(25-4)8-9-16(15)26-5/h8-10,12,18H,6-7,11H2,1-5H3,(H2,21,22,24)/t12-,18+/m0/s1. The van der Waals surface area contributed by atoms with Crippen molar-refractivity contribution in [2.75, 3.05) is 20.8 Å². The van der Waals surface area contributed by atoms with Crippen molar-refractivity contribution in [3.05, 3.63) is 35.0 Å². The van der Waals surface area contributed by atoms with Crippen LogP contribution in [-0.2, 0) is 9.53 Å². The Labute approximate surface area is 160 Å². The van der Waals surface area contributed by atoms with E-state index in [4.69, 9.17) is 14.2 Å². The molecule has 1 aliphatic heterocycles. The van der Waals surface area contributed by atoms with Gasteiger partial charge in [0.1, 0.15) is 11.5 Å². The van der Waals surface area contributed by atoms with E-state index in [-0.39, 0.29) is 5.92 Å². The number of benzene rings is 1. The first-order valence-corrected chi connectivity index (χ1v) is 9.08. The molecule has 0 aliphatic carbocycles. The van der Waals surface area contributed by atoms with Crippen molar-refractivity contribution in [3.8, 4) is 11.5 Å². The zero-order valence-corrected chi connectivity index (χ0v) is 16.5. The fourth-order valence-corrected chi connectivity index (χ4v) is 3.13. The van der Waals surface area contributed by atoms with Gasteiger partial charge in [0.05, 0.1) is 32.4 Å². The molecule has 0 fully saturated rings. The zero-order valence-electron chi connectivity index (χ0n) is 16.5. The molecule has 2 amide bonds. The summed E-state index contributed by atoms with van der Waals surface area (Å²) in [5.41, 5.74) is 1.44. The van der Waals surface area contributed by atoms with Crippen LogP contribution in [0, 0.1) is 5.92 Å². The van der Waals surface area contributed by atoms with Crippen LogP contribution in [-0.4, -0.2) is 32.8 Å². The van der Waals surface area contributed by atoms with Crippen molar-refractivity contribution in [1.82, 2.24) is 10.6 Å². The molecule has 0 aromatic heterocycles. The van der Waals surface area contributed by atoms with Crippen molar-refractivity contribution in [3.63, 3.8) is 0 Å². The number of hydrogen-bond acceptors (Lipinski definition) is 5. The van der Waals surface area contributed by atoms with E-state index in [1.54, 1.807) is 32.2 Å². The second-order valence-corrected chi connectivity index (χ2v) is 6.67. The van der Waals surface area contributed by atoms with Gasteiger partial charge in [-0.15, -0.1) is 0 Å². The van der Waals surface area contributed by atoms with Gasteiger partial charge in [0.2, 0.25) is 0 Å². The zero-order chi connectivity index (χ0) is 20.0. The molecular formula is C20H28N2O5. The molecule has 0 radical (unpaired) electrons. The molecule has 27 heavy (non-hydrogen) atoms. The number of esters is 1. The third kappa shape index (κ3) is 4.93. The van der Waals surface area contributed by atoms with Crippen molar-refractivity contribution >= 4 is 12.0 Å². The molecule has 0 spiro atoms. The number of methoxy groups -OCH3 is 2. The van der Waals surface area contributed by atoms with Crippen molar-refractivity contribution < 1.29 is 23.8 Å². The van der Waals surface area contributed by atoms with Gasteiger partial charge >= 0.3 is 12.0 Å². The summed E-state index contributed by atoms with van der Waals surface area (Å²) < 4.78 is 16.2. The minimum Gasteiger partial charge on any atom is -0.497 e. The summed E-state index contributed by atoms with van der Waals surface area (Å²) in [6, 6.07) is 4.15. The van der Waals surface area contributed by atoms with Crippen LogP contribution >= 0.6 is 0 Å². The topological polar surface area (TPSA) is 85.9 Å². The van der Waals surface area contributed by atoms with Gasteiger partial charge in [0.15, 0.2) is 0 Å². The number of allylic oxidation sites excluding steroid dienone is 1. The van der Waals surface area contributed by atoms with E-state index < -0.39 is 18.0 Å². The quantitative estimate of drug-likeness (QED) is 0.680. The Morgan fingerprint density at radius 3 is 2.63 bits per heavy atom. The van der Waals surface area contributed by atoms with E-state index in [0.29, 0.717) is 34.9 Å². The average molecular weight is 376 g/mol. The number of carbonyl (C=O) groups is 2. The lowest BCUT2D eigenvalue weighted by atomic mass is 9.94. The number of ether oxygens (including phenoxy) is 3. The molecule has 1 aromatic carbocycles. The van der Waals surface area contributed by atoms with Gasteiger partial charge in [-0.1, -0.05) is 20.3 Å². The molecule has 0 bridgehead atoms. The van der Waals surface area contributed by atoms with E-state index in [0.717, 1.165) is 12.8 Å². The van der Waals surface area contributed by atoms with Crippen LogP contribution < -0.4 is 20.1 Å². The molecule has 1 heterocycles. The summed E-state index contributed by atoms with van der Waals surface area (Å²) in [6.45, 7) is 6.15. The maximum atomic E-state index is 12.8. The number of carbonyl (C=O) groups excluding carboxylic acids is 2. The van der Waals surface area contributed by atoms with Crippen molar-refractivity contribution in [1.29, 1.82) is 0 Å². The van der Waals surface area contributed by atoms with Gasteiger partial charge in [-0.2, -0.15) is 0 Å². The second-order valence-electron chi connectivity index (χ2n) is 6.67. The second kappa shape index (κ2) is 9.30. The van der Waals surface area contributed by atoms with Gasteiger partial charge in [0, 0.05) is 11.3 Å². The molecule has 7 heteroatoms. The average Bonchev–Trinajstić information content (AvgIpc) is 2.65. The Morgan fingerprint density at radius 1 is 1.26 bits per heavy atom. The first-order valence-electron chi connectivity index (χ1n) is 9.08. The van der Waals surface area contributed by atoms with Gasteiger partial charge in [-0.25, -0.2) is 9.59 Å². The SMILES string of the molecule is CCC[C@H](C)COC(=O)C1=C(C)NC(=O)N[C@@H]1c1cc(OC)ccc1OC. The van der Waals surface area contributed by atoms with Crippen molar-refractivity contribution in [2.24, 2.45) is 5.92 Å². The fraction of sp³-hybridized carbons (Fsp3) is 0.500. The Balaban J connectivity index is 2.37. The summed E-state index contributed by atoms with van der Waals surface area (Å²) >= 11 is 0. The highest BCUT2D eigenvalue weighted by Gasteiger charge is 2.34. The summed E-state index contributed by atoms with van der Waals surface area (Å²) in [7, 11) is 3.09. The molecule has 0 unspecified atom stereocenters. The largest absolute Gasteiger partial charge is 0.497 e. The molecule has 0 saturated carbocycles. The number of nitrogens with one attached hydrogen (secondary N) is 2. The van der Waals surface area contributed by atoms with Crippen LogP contribution in [0.1, 0.15) is 45.2 Å². The van der Waals surface area contributed by atoms with Gasteiger partial charge < -0.3 is 24.8 Å². The Morgan fingerprint density at radius 2 is 2.00 bits per heavy atom. The third-order valence-electron chi connectivity index (χ3n) is 4.52. The Hall–Kier alpha value is -2.70.